The van der Waals surface area contributed by atoms with Gasteiger partial charge >= 0.3 is 5.97 Å². The molecule has 1 aromatic rings. The second-order valence-electron chi connectivity index (χ2n) is 4.30. The Kier molecular flexibility index (Phi) is 3.83. The molecule has 1 unspecified atom stereocenters. The highest BCUT2D eigenvalue weighted by atomic mass is 16.4. The number of aliphatic carboxylic acids is 1. The van der Waals surface area contributed by atoms with Gasteiger partial charge in [-0.15, -0.1) is 0 Å². The van der Waals surface area contributed by atoms with Gasteiger partial charge in [0.2, 0.25) is 5.91 Å². The lowest BCUT2D eigenvalue weighted by atomic mass is 10.1. The fourth-order valence-electron chi connectivity index (χ4n) is 2.05. The summed E-state index contributed by atoms with van der Waals surface area (Å²) in [5.74, 6) is -2.59. The third-order valence-electron chi connectivity index (χ3n) is 2.99. The minimum Gasteiger partial charge on any atom is -0.505 e. The van der Waals surface area contributed by atoms with Crippen LogP contribution in [0.2, 0.25) is 0 Å². The normalized spacial score (nSPS) is 18.5. The molecule has 3 N–H and O–H groups in total. The fourth-order valence-corrected chi connectivity index (χ4v) is 2.05. The van der Waals surface area contributed by atoms with Gasteiger partial charge in [-0.05, 0) is 6.07 Å². The number of carbonyl (C=O) groups excluding carboxylic acids is 2. The van der Waals surface area contributed by atoms with Crippen LogP contribution in [0.15, 0.2) is 18.5 Å². The van der Waals surface area contributed by atoms with Crippen molar-refractivity contribution in [3.8, 4) is 5.75 Å². The van der Waals surface area contributed by atoms with Crippen LogP contribution in [0.3, 0.4) is 0 Å². The van der Waals surface area contributed by atoms with Crippen molar-refractivity contribution < 1.29 is 24.6 Å². The number of hydrogen-bond donors (Lipinski definition) is 3. The number of aromatic nitrogens is 1. The molecule has 0 bridgehead atoms. The van der Waals surface area contributed by atoms with Gasteiger partial charge in [0.15, 0.2) is 0 Å². The second kappa shape index (κ2) is 5.55. The molecule has 0 aromatic carbocycles. The lowest BCUT2D eigenvalue weighted by Crippen LogP contribution is -2.57. The summed E-state index contributed by atoms with van der Waals surface area (Å²) in [4.78, 5) is 39.7. The van der Waals surface area contributed by atoms with Gasteiger partial charge in [0, 0.05) is 19.3 Å². The van der Waals surface area contributed by atoms with Crippen molar-refractivity contribution in [2.45, 2.75) is 12.5 Å². The molecular weight excluding hydrogens is 266 g/mol. The summed E-state index contributed by atoms with van der Waals surface area (Å²) in [6.07, 6.45) is 1.97. The van der Waals surface area contributed by atoms with Crippen molar-refractivity contribution >= 4 is 17.8 Å². The van der Waals surface area contributed by atoms with E-state index in [0.29, 0.717) is 0 Å². The van der Waals surface area contributed by atoms with E-state index in [4.69, 9.17) is 5.11 Å². The zero-order chi connectivity index (χ0) is 14.7. The molecule has 0 radical (unpaired) electrons. The number of carbonyl (C=O) groups is 3. The van der Waals surface area contributed by atoms with Crippen molar-refractivity contribution in [2.24, 2.45) is 0 Å². The first-order valence-corrected chi connectivity index (χ1v) is 5.94. The first-order valence-electron chi connectivity index (χ1n) is 5.94. The number of hydrogen-bond acceptors (Lipinski definition) is 5. The molecule has 0 aliphatic carbocycles. The monoisotopic (exact) mass is 279 g/mol. The molecule has 1 aliphatic rings. The number of carboxylic acid groups (broad SMARTS) is 1. The third kappa shape index (κ3) is 2.68. The van der Waals surface area contributed by atoms with Gasteiger partial charge in [0.25, 0.3) is 5.91 Å². The SMILES string of the molecule is O=C(O)CC1C(=O)NCCN1C(=O)c1ccncc1O. The molecule has 0 saturated carbocycles. The molecule has 1 aliphatic heterocycles. The summed E-state index contributed by atoms with van der Waals surface area (Å²) in [7, 11) is 0. The van der Waals surface area contributed by atoms with Crippen LogP contribution in [0.5, 0.6) is 5.75 Å². The minimum absolute atomic E-state index is 0.00918. The number of amides is 2. The minimum atomic E-state index is -1.18. The molecule has 8 nitrogen and oxygen atoms in total. The number of piperazine rings is 1. The van der Waals surface area contributed by atoms with Gasteiger partial charge < -0.3 is 20.4 Å². The van der Waals surface area contributed by atoms with E-state index < -0.39 is 30.2 Å². The maximum absolute atomic E-state index is 12.3. The third-order valence-corrected chi connectivity index (χ3v) is 2.99. The van der Waals surface area contributed by atoms with Crippen LogP contribution in [0.4, 0.5) is 0 Å². The van der Waals surface area contributed by atoms with Crippen LogP contribution >= 0.6 is 0 Å². The van der Waals surface area contributed by atoms with E-state index in [9.17, 15) is 19.5 Å². The lowest BCUT2D eigenvalue weighted by molar-refractivity contribution is -0.142. The van der Waals surface area contributed by atoms with E-state index in [1.165, 1.54) is 12.3 Å². The topological polar surface area (TPSA) is 120 Å². The van der Waals surface area contributed by atoms with Gasteiger partial charge in [-0.2, -0.15) is 0 Å². The van der Waals surface area contributed by atoms with Gasteiger partial charge in [-0.1, -0.05) is 0 Å². The average molecular weight is 279 g/mol. The molecule has 2 heterocycles. The zero-order valence-electron chi connectivity index (χ0n) is 10.4. The highest BCUT2D eigenvalue weighted by Gasteiger charge is 2.35. The van der Waals surface area contributed by atoms with Gasteiger partial charge in [-0.25, -0.2) is 0 Å². The summed E-state index contributed by atoms with van der Waals surface area (Å²) in [5.41, 5.74) is -0.00918. The van der Waals surface area contributed by atoms with Crippen LogP contribution in [0.25, 0.3) is 0 Å². The smallest absolute Gasteiger partial charge is 0.305 e. The van der Waals surface area contributed by atoms with Crippen LogP contribution in [0.1, 0.15) is 16.8 Å². The van der Waals surface area contributed by atoms with Gasteiger partial charge in [0.05, 0.1) is 18.2 Å². The first kappa shape index (κ1) is 13.8. The zero-order valence-corrected chi connectivity index (χ0v) is 10.4. The van der Waals surface area contributed by atoms with E-state index in [1.54, 1.807) is 0 Å². The highest BCUT2D eigenvalue weighted by molar-refractivity contribution is 6.00. The van der Waals surface area contributed by atoms with Crippen molar-refractivity contribution in [3.05, 3.63) is 24.0 Å². The van der Waals surface area contributed by atoms with E-state index in [0.717, 1.165) is 11.1 Å². The van der Waals surface area contributed by atoms with Crippen LogP contribution in [0, 0.1) is 0 Å². The molecule has 1 saturated heterocycles. The Morgan fingerprint density at radius 3 is 2.90 bits per heavy atom. The summed E-state index contributed by atoms with van der Waals surface area (Å²) < 4.78 is 0. The standard InChI is InChI=1S/C12H13N3O5/c16-9-6-13-2-1-7(9)12(20)15-4-3-14-11(19)8(15)5-10(17)18/h1-2,6,8,16H,3-5H2,(H,14,19)(H,17,18). The summed E-state index contributed by atoms with van der Waals surface area (Å²) in [6, 6.07) is 0.239. The predicted octanol–water partition coefficient (Wildman–Crippen LogP) is -0.797. The Labute approximate surface area is 114 Å². The van der Waals surface area contributed by atoms with Crippen molar-refractivity contribution in [1.29, 1.82) is 0 Å². The molecule has 2 amide bonds. The largest absolute Gasteiger partial charge is 0.505 e. The molecule has 1 fully saturated rings. The summed E-state index contributed by atoms with van der Waals surface area (Å²) >= 11 is 0. The van der Waals surface area contributed by atoms with Crippen molar-refractivity contribution in [1.82, 2.24) is 15.2 Å². The average Bonchev–Trinajstić information content (AvgIpc) is 2.40. The summed E-state index contributed by atoms with van der Waals surface area (Å²) in [5, 5.41) is 21.0. The molecule has 2 rings (SSSR count). The number of aromatic hydroxyl groups is 1. The molecule has 8 heteroatoms. The first-order chi connectivity index (χ1) is 9.50. The Balaban J connectivity index is 2.28. The number of pyridine rings is 1. The maximum Gasteiger partial charge on any atom is 0.305 e. The molecule has 1 aromatic heterocycles. The molecule has 1 atom stereocenters. The van der Waals surface area contributed by atoms with E-state index in [1.807, 2.05) is 0 Å². The van der Waals surface area contributed by atoms with Crippen molar-refractivity contribution in [3.63, 3.8) is 0 Å². The Bertz CT molecular complexity index is 560. The maximum atomic E-state index is 12.3. The number of nitrogens with zero attached hydrogens (tertiary/aromatic N) is 2. The lowest BCUT2D eigenvalue weighted by Gasteiger charge is -2.34. The number of nitrogens with one attached hydrogen (secondary N) is 1. The highest BCUT2D eigenvalue weighted by Crippen LogP contribution is 2.20. The number of carboxylic acids is 1. The Hall–Kier alpha value is -2.64. The van der Waals surface area contributed by atoms with Crippen LogP contribution in [-0.2, 0) is 9.59 Å². The quantitative estimate of drug-likeness (QED) is 0.666. The molecule has 0 spiro atoms. The predicted molar refractivity (Wildman–Crippen MR) is 66.0 cm³/mol. The van der Waals surface area contributed by atoms with E-state index >= 15 is 0 Å². The number of rotatable bonds is 3. The Morgan fingerprint density at radius 2 is 2.25 bits per heavy atom. The van der Waals surface area contributed by atoms with Crippen molar-refractivity contribution in [2.75, 3.05) is 13.1 Å². The van der Waals surface area contributed by atoms with Crippen LogP contribution in [-0.4, -0.2) is 57.0 Å². The van der Waals surface area contributed by atoms with E-state index in [-0.39, 0.29) is 24.4 Å². The van der Waals surface area contributed by atoms with Gasteiger partial charge in [-0.3, -0.25) is 19.4 Å². The Morgan fingerprint density at radius 1 is 1.50 bits per heavy atom. The molecule has 20 heavy (non-hydrogen) atoms. The molecular formula is C12H13N3O5. The van der Waals surface area contributed by atoms with E-state index in [2.05, 4.69) is 10.3 Å². The van der Waals surface area contributed by atoms with Gasteiger partial charge in [0.1, 0.15) is 11.8 Å². The fraction of sp³-hybridized carbons (Fsp3) is 0.333. The summed E-state index contributed by atoms with van der Waals surface area (Å²) in [6.45, 7) is 0.427. The molecule has 106 valence electrons. The second-order valence-corrected chi connectivity index (χ2v) is 4.30. The van der Waals surface area contributed by atoms with Crippen LogP contribution < -0.4 is 5.32 Å².